The van der Waals surface area contributed by atoms with Crippen LogP contribution in [0.25, 0.3) is 6.08 Å². The number of carbonyl (C=O) groups excluding carboxylic acids is 3. The number of esters is 2. The summed E-state index contributed by atoms with van der Waals surface area (Å²) >= 11 is 0. The lowest BCUT2D eigenvalue weighted by Crippen LogP contribution is -2.30. The molecule has 2 unspecified atom stereocenters. The zero-order chi connectivity index (χ0) is 28.2. The molecule has 0 spiro atoms. The van der Waals surface area contributed by atoms with E-state index in [9.17, 15) is 14.4 Å². The van der Waals surface area contributed by atoms with Crippen LogP contribution in [-0.4, -0.2) is 30.9 Å². The van der Waals surface area contributed by atoms with Crippen molar-refractivity contribution in [1.29, 1.82) is 0 Å². The van der Waals surface area contributed by atoms with Crippen molar-refractivity contribution in [3.8, 4) is 11.5 Å². The topological polar surface area (TPSA) is 78.9 Å². The van der Waals surface area contributed by atoms with Gasteiger partial charge in [-0.25, -0.2) is 9.59 Å². The Morgan fingerprint density at radius 2 is 1.56 bits per heavy atom. The molecular weight excluding hydrogens is 492 g/mol. The summed E-state index contributed by atoms with van der Waals surface area (Å²) in [7, 11) is 0. The van der Waals surface area contributed by atoms with Crippen molar-refractivity contribution in [2.24, 2.45) is 17.8 Å². The summed E-state index contributed by atoms with van der Waals surface area (Å²) in [5.41, 5.74) is 2.24. The second-order valence-corrected chi connectivity index (χ2v) is 10.4. The number of hydrogen-bond acceptors (Lipinski definition) is 6. The van der Waals surface area contributed by atoms with Gasteiger partial charge in [0.1, 0.15) is 11.5 Å². The third kappa shape index (κ3) is 9.24. The van der Waals surface area contributed by atoms with Crippen LogP contribution >= 0.6 is 0 Å². The summed E-state index contributed by atoms with van der Waals surface area (Å²) in [5.74, 6) is 1.25. The summed E-state index contributed by atoms with van der Waals surface area (Å²) in [6, 6.07) is 14.1. The van der Waals surface area contributed by atoms with Gasteiger partial charge in [-0.15, -0.1) is 0 Å². The van der Waals surface area contributed by atoms with E-state index in [1.807, 2.05) is 18.2 Å². The highest BCUT2D eigenvalue weighted by molar-refractivity contribution is 6.02. The minimum atomic E-state index is -0.444. The lowest BCUT2D eigenvalue weighted by Gasteiger charge is -2.30. The normalized spacial score (nSPS) is 18.2. The largest absolute Gasteiger partial charge is 0.494 e. The molecule has 1 aliphatic rings. The Balaban J connectivity index is 1.44. The van der Waals surface area contributed by atoms with E-state index in [1.165, 1.54) is 6.08 Å². The smallest absolute Gasteiger partial charge is 0.343 e. The van der Waals surface area contributed by atoms with Crippen molar-refractivity contribution >= 4 is 23.8 Å². The van der Waals surface area contributed by atoms with Crippen LogP contribution in [0.1, 0.15) is 75.2 Å². The second-order valence-electron chi connectivity index (χ2n) is 10.4. The zero-order valence-electron chi connectivity index (χ0n) is 23.3. The number of hydrogen-bond donors (Lipinski definition) is 0. The Kier molecular flexibility index (Phi) is 11.5. The number of unbranched alkanes of at least 4 members (excludes halogenated alkanes) is 3. The van der Waals surface area contributed by atoms with Crippen molar-refractivity contribution in [3.63, 3.8) is 0 Å². The predicted octanol–water partition coefficient (Wildman–Crippen LogP) is 7.23. The van der Waals surface area contributed by atoms with Crippen molar-refractivity contribution in [2.45, 2.75) is 59.3 Å². The zero-order valence-corrected chi connectivity index (χ0v) is 23.3. The molecule has 0 saturated heterocycles. The highest BCUT2D eigenvalue weighted by atomic mass is 16.5. The molecule has 0 radical (unpaired) electrons. The van der Waals surface area contributed by atoms with E-state index in [-0.39, 0.29) is 23.6 Å². The summed E-state index contributed by atoms with van der Waals surface area (Å²) in [4.78, 5) is 36.5. The molecule has 0 N–H and O–H groups in total. The molecule has 6 nitrogen and oxygen atoms in total. The first kappa shape index (κ1) is 29.9. The van der Waals surface area contributed by atoms with E-state index in [0.717, 1.165) is 49.7 Å². The van der Waals surface area contributed by atoms with Crippen LogP contribution in [-0.2, 0) is 14.3 Å². The Labute approximate surface area is 232 Å². The molecule has 2 aromatic carbocycles. The van der Waals surface area contributed by atoms with Crippen LogP contribution in [0.3, 0.4) is 0 Å². The molecule has 1 aliphatic carbocycles. The number of allylic oxidation sites excluding steroid dienone is 1. The van der Waals surface area contributed by atoms with Crippen molar-refractivity contribution in [1.82, 2.24) is 0 Å². The Morgan fingerprint density at radius 3 is 2.21 bits per heavy atom. The van der Waals surface area contributed by atoms with Gasteiger partial charge in [-0.05, 0) is 104 Å². The van der Waals surface area contributed by atoms with Gasteiger partial charge in [-0.1, -0.05) is 39.5 Å². The van der Waals surface area contributed by atoms with Crippen LogP contribution in [0, 0.1) is 17.8 Å². The fourth-order valence-corrected chi connectivity index (χ4v) is 4.67. The predicted molar refractivity (Wildman–Crippen MR) is 153 cm³/mol. The summed E-state index contributed by atoms with van der Waals surface area (Å²) in [6.07, 6.45) is 8.75. The maximum absolute atomic E-state index is 13.0. The number of ketones is 1. The van der Waals surface area contributed by atoms with Gasteiger partial charge in [0.05, 0.1) is 18.8 Å². The lowest BCUT2D eigenvalue weighted by molar-refractivity contribution is -0.137. The van der Waals surface area contributed by atoms with Gasteiger partial charge in [0.2, 0.25) is 0 Å². The summed E-state index contributed by atoms with van der Waals surface area (Å²) in [6.45, 7) is 10.7. The molecule has 6 heteroatoms. The molecular formula is C33H40O6. The first-order valence-electron chi connectivity index (χ1n) is 13.9. The van der Waals surface area contributed by atoms with Crippen LogP contribution in [0.15, 0.2) is 66.8 Å². The van der Waals surface area contributed by atoms with Crippen molar-refractivity contribution in [3.05, 3.63) is 77.9 Å². The molecule has 3 rings (SSSR count). The Hall–Kier alpha value is -3.67. The quantitative estimate of drug-likeness (QED) is 0.117. The molecule has 2 atom stereocenters. The maximum atomic E-state index is 13.0. The van der Waals surface area contributed by atoms with E-state index < -0.39 is 5.97 Å². The lowest BCUT2D eigenvalue weighted by atomic mass is 9.73. The average Bonchev–Trinajstić information content (AvgIpc) is 2.93. The fourth-order valence-electron chi connectivity index (χ4n) is 4.67. The monoisotopic (exact) mass is 532 g/mol. The van der Waals surface area contributed by atoms with Gasteiger partial charge in [-0.2, -0.15) is 0 Å². The molecule has 0 bridgehead atoms. The average molecular weight is 533 g/mol. The van der Waals surface area contributed by atoms with Crippen LogP contribution < -0.4 is 9.47 Å². The van der Waals surface area contributed by atoms with E-state index in [2.05, 4.69) is 27.4 Å². The molecule has 0 amide bonds. The Bertz CT molecular complexity index is 1140. The fraction of sp³-hybridized carbons (Fsp3) is 0.424. The van der Waals surface area contributed by atoms with Gasteiger partial charge in [0, 0.05) is 12.0 Å². The first-order valence-corrected chi connectivity index (χ1v) is 13.9. The van der Waals surface area contributed by atoms with E-state index >= 15 is 0 Å². The molecule has 208 valence electrons. The highest BCUT2D eigenvalue weighted by Gasteiger charge is 2.32. The first-order chi connectivity index (χ1) is 18.8. The van der Waals surface area contributed by atoms with Gasteiger partial charge in [0.15, 0.2) is 5.78 Å². The Morgan fingerprint density at radius 1 is 0.923 bits per heavy atom. The molecule has 1 saturated carbocycles. The van der Waals surface area contributed by atoms with Crippen molar-refractivity contribution < 1.29 is 28.6 Å². The van der Waals surface area contributed by atoms with Gasteiger partial charge < -0.3 is 14.2 Å². The van der Waals surface area contributed by atoms with E-state index in [4.69, 9.17) is 14.2 Å². The van der Waals surface area contributed by atoms with Crippen LogP contribution in [0.5, 0.6) is 11.5 Å². The van der Waals surface area contributed by atoms with E-state index in [0.29, 0.717) is 36.2 Å². The molecule has 2 aromatic rings. The molecule has 1 fully saturated rings. The number of rotatable bonds is 13. The third-order valence-electron chi connectivity index (χ3n) is 7.09. The summed E-state index contributed by atoms with van der Waals surface area (Å²) < 4.78 is 16.2. The van der Waals surface area contributed by atoms with Crippen LogP contribution in [0.2, 0.25) is 0 Å². The number of ether oxygens (including phenoxy) is 3. The minimum Gasteiger partial charge on any atom is -0.494 e. The SMILES string of the molecule is C=CC(=O)OCCCCCCOc1ccc(C(=O)Oc2ccc(C=C3C(=O)C(C(C)C)CCC3C)cc2)cc1. The number of Topliss-reactive ketones (excluding diaryl/α,β-unsaturated/α-hetero) is 1. The standard InChI is InChI=1S/C33H40O6/c1-5-31(34)38-21-9-7-6-8-20-37-27-17-13-26(14-18-27)33(36)39-28-15-11-25(12-16-28)22-30-24(4)10-19-29(23(2)3)32(30)35/h5,11-18,22-24,29H,1,6-10,19-21H2,2-4H3. The van der Waals surface area contributed by atoms with E-state index in [1.54, 1.807) is 36.4 Å². The second kappa shape index (κ2) is 15.1. The third-order valence-corrected chi connectivity index (χ3v) is 7.09. The van der Waals surface area contributed by atoms with Gasteiger partial charge in [-0.3, -0.25) is 4.79 Å². The van der Waals surface area contributed by atoms with Crippen LogP contribution in [0.4, 0.5) is 0 Å². The number of benzene rings is 2. The molecule has 0 heterocycles. The molecule has 0 aliphatic heterocycles. The van der Waals surface area contributed by atoms with Crippen molar-refractivity contribution in [2.75, 3.05) is 13.2 Å². The van der Waals surface area contributed by atoms with Gasteiger partial charge in [0.25, 0.3) is 0 Å². The number of carbonyl (C=O) groups is 3. The highest BCUT2D eigenvalue weighted by Crippen LogP contribution is 2.35. The molecule has 39 heavy (non-hydrogen) atoms. The van der Waals surface area contributed by atoms with Gasteiger partial charge >= 0.3 is 11.9 Å². The molecule has 0 aromatic heterocycles. The maximum Gasteiger partial charge on any atom is 0.343 e. The summed E-state index contributed by atoms with van der Waals surface area (Å²) in [5, 5.41) is 0. The minimum absolute atomic E-state index is 0.0940.